The number of hydrogen-bond donors (Lipinski definition) is 4. The molecule has 2 heterocycles. The molecule has 2 aliphatic heterocycles. The summed E-state index contributed by atoms with van der Waals surface area (Å²) in [4.78, 5) is 97.4. The fraction of sp³-hybridized carbons (Fsp3) is 0.625. The molecule has 4 N–H and O–H groups in total. The molecule has 0 radical (unpaired) electrons. The number of nitrogens with one attached hydrogen (secondary N) is 4. The smallest absolute Gasteiger partial charge is 0.315 e. The van der Waals surface area contributed by atoms with E-state index in [-0.39, 0.29) is 54.5 Å². The van der Waals surface area contributed by atoms with Crippen molar-refractivity contribution in [3.63, 3.8) is 0 Å². The van der Waals surface area contributed by atoms with Crippen molar-refractivity contribution in [2.75, 3.05) is 19.6 Å². The van der Waals surface area contributed by atoms with Crippen LogP contribution in [0.5, 0.6) is 0 Å². The van der Waals surface area contributed by atoms with Crippen LogP contribution in [0, 0.1) is 34.5 Å². The highest BCUT2D eigenvalue weighted by Crippen LogP contribution is 2.65. The van der Waals surface area contributed by atoms with Crippen LogP contribution in [-0.4, -0.2) is 95.0 Å². The molecule has 1 saturated heterocycles. The third kappa shape index (κ3) is 8.33. The summed E-state index contributed by atoms with van der Waals surface area (Å²) < 4.78 is 0. The highest BCUT2D eigenvalue weighted by Gasteiger charge is 2.70. The number of benzene rings is 1. The van der Waals surface area contributed by atoms with Crippen LogP contribution in [-0.2, 0) is 30.4 Å². The number of carbonyl (C=O) groups is 7. The van der Waals surface area contributed by atoms with Crippen LogP contribution in [0.1, 0.15) is 90.1 Å². The number of Topliss-reactive ketones (excluding diaryl/α,β-unsaturated/α-hetero) is 1. The van der Waals surface area contributed by atoms with E-state index in [1.54, 1.807) is 24.3 Å². The minimum Gasteiger partial charge on any atom is -0.346 e. The van der Waals surface area contributed by atoms with Gasteiger partial charge in [0.2, 0.25) is 23.5 Å². The molecule has 1 aromatic carbocycles. The number of urea groups is 1. The van der Waals surface area contributed by atoms with Crippen LogP contribution in [0.3, 0.4) is 0 Å². The van der Waals surface area contributed by atoms with Gasteiger partial charge in [-0.05, 0) is 52.6 Å². The molecule has 53 heavy (non-hydrogen) atoms. The van der Waals surface area contributed by atoms with Crippen molar-refractivity contribution >= 4 is 41.4 Å². The van der Waals surface area contributed by atoms with Crippen molar-refractivity contribution < 1.29 is 33.6 Å². The highest BCUT2D eigenvalue weighted by atomic mass is 16.2. The Labute approximate surface area is 312 Å². The van der Waals surface area contributed by atoms with E-state index < -0.39 is 65.0 Å². The van der Waals surface area contributed by atoms with Gasteiger partial charge < -0.3 is 26.2 Å². The number of rotatable bonds is 14. The number of imide groups is 1. The molecule has 1 unspecified atom stereocenters. The maximum Gasteiger partial charge on any atom is 0.315 e. The summed E-state index contributed by atoms with van der Waals surface area (Å²) in [5.74, 6) is -3.27. The molecular weight excluding hydrogens is 676 g/mol. The van der Waals surface area contributed by atoms with E-state index in [1.165, 1.54) is 15.9 Å². The second kappa shape index (κ2) is 15.4. The molecule has 0 aromatic heterocycles. The number of carbonyl (C=O) groups excluding carboxylic acids is 7. The van der Waals surface area contributed by atoms with Gasteiger partial charge in [0.25, 0.3) is 11.8 Å². The van der Waals surface area contributed by atoms with Gasteiger partial charge in [0.05, 0.1) is 18.5 Å². The Morgan fingerprint density at radius 2 is 1.70 bits per heavy atom. The van der Waals surface area contributed by atoms with Gasteiger partial charge in [-0.1, -0.05) is 92.0 Å². The summed E-state index contributed by atoms with van der Waals surface area (Å²) in [5.41, 5.74) is 0.128. The minimum absolute atomic E-state index is 0.0373. The molecule has 3 fully saturated rings. The lowest BCUT2D eigenvalue weighted by Gasteiger charge is -2.38. The molecule has 13 heteroatoms. The Morgan fingerprint density at radius 3 is 2.30 bits per heavy atom. The lowest BCUT2D eigenvalue weighted by molar-refractivity contribution is -0.145. The standard InChI is InChI=1S/C40H56N6O7/c1-9-17-41-35(50)32(48)27(18-23-13-12-14-23)42-34(49)31-30-26(40(30,7)8)20-46(31)37(52)33(39(4,5)6)44-38(53)43-28(22(2)3)21-45-29(47)19-24-15-10-11-16-25(24)36(45)51/h9-11,15-16,22-23,26-28,30-31,33H,1,12-14,17-21H2,2-8H3,(H,41,50)(H,42,49)(H2,43,44,53)/t26-,27?,28+,30-,31-,33+/m0/s1. The number of ketones is 1. The van der Waals surface area contributed by atoms with Gasteiger partial charge in [-0.2, -0.15) is 0 Å². The van der Waals surface area contributed by atoms with Crippen LogP contribution >= 0.6 is 0 Å². The second-order valence-electron chi connectivity index (χ2n) is 17.3. The lowest BCUT2D eigenvalue weighted by atomic mass is 9.80. The summed E-state index contributed by atoms with van der Waals surface area (Å²) in [6.45, 7) is 17.3. The number of amides is 7. The first-order valence-corrected chi connectivity index (χ1v) is 18.9. The predicted molar refractivity (Wildman–Crippen MR) is 198 cm³/mol. The Kier molecular flexibility index (Phi) is 11.5. The fourth-order valence-electron chi connectivity index (χ4n) is 8.13. The molecule has 288 valence electrons. The van der Waals surface area contributed by atoms with Crippen molar-refractivity contribution in [2.24, 2.45) is 34.5 Å². The van der Waals surface area contributed by atoms with Crippen LogP contribution in [0.4, 0.5) is 4.79 Å². The van der Waals surface area contributed by atoms with Gasteiger partial charge >= 0.3 is 6.03 Å². The molecule has 6 atom stereocenters. The molecule has 2 saturated carbocycles. The van der Waals surface area contributed by atoms with E-state index in [1.807, 2.05) is 34.6 Å². The molecule has 13 nitrogen and oxygen atoms in total. The first-order valence-electron chi connectivity index (χ1n) is 18.9. The molecule has 5 rings (SSSR count). The fourth-order valence-corrected chi connectivity index (χ4v) is 8.13. The monoisotopic (exact) mass is 732 g/mol. The summed E-state index contributed by atoms with van der Waals surface area (Å²) in [7, 11) is 0. The van der Waals surface area contributed by atoms with Gasteiger partial charge in [0, 0.05) is 25.2 Å². The number of piperidine rings is 1. The zero-order valence-corrected chi connectivity index (χ0v) is 32.1. The summed E-state index contributed by atoms with van der Waals surface area (Å²) in [6, 6.07) is 2.74. The van der Waals surface area contributed by atoms with Crippen molar-refractivity contribution in [2.45, 2.75) is 105 Å². The Morgan fingerprint density at radius 1 is 1.02 bits per heavy atom. The highest BCUT2D eigenvalue weighted by molar-refractivity contribution is 6.38. The van der Waals surface area contributed by atoms with Crippen LogP contribution < -0.4 is 21.3 Å². The number of likely N-dealkylation sites (tertiary alicyclic amines) is 1. The van der Waals surface area contributed by atoms with Crippen LogP contribution in [0.2, 0.25) is 0 Å². The third-order valence-corrected chi connectivity index (χ3v) is 11.8. The Bertz CT molecular complexity index is 1660. The molecule has 7 amide bonds. The summed E-state index contributed by atoms with van der Waals surface area (Å²) in [6.07, 6.45) is 4.75. The van der Waals surface area contributed by atoms with Crippen molar-refractivity contribution in [3.8, 4) is 0 Å². The van der Waals surface area contributed by atoms with Gasteiger partial charge in [0.1, 0.15) is 12.1 Å². The predicted octanol–water partition coefficient (Wildman–Crippen LogP) is 2.98. The zero-order valence-electron chi connectivity index (χ0n) is 32.1. The molecule has 4 aliphatic rings. The summed E-state index contributed by atoms with van der Waals surface area (Å²) in [5, 5.41) is 11.2. The minimum atomic E-state index is -1.05. The van der Waals surface area contributed by atoms with Gasteiger partial charge in [0.15, 0.2) is 0 Å². The third-order valence-electron chi connectivity index (χ3n) is 11.8. The number of nitrogens with zero attached hydrogens (tertiary/aromatic N) is 2. The first kappa shape index (κ1) is 39.7. The molecule has 1 aromatic rings. The van der Waals surface area contributed by atoms with E-state index in [4.69, 9.17) is 0 Å². The molecule has 0 spiro atoms. The summed E-state index contributed by atoms with van der Waals surface area (Å²) >= 11 is 0. The van der Waals surface area contributed by atoms with Crippen LogP contribution in [0.15, 0.2) is 36.9 Å². The van der Waals surface area contributed by atoms with Crippen LogP contribution in [0.25, 0.3) is 0 Å². The Hall–Kier alpha value is -4.55. The van der Waals surface area contributed by atoms with E-state index in [2.05, 4.69) is 41.7 Å². The van der Waals surface area contributed by atoms with Crippen molar-refractivity contribution in [3.05, 3.63) is 48.0 Å². The lowest BCUT2D eigenvalue weighted by Crippen LogP contribution is -2.62. The van der Waals surface area contributed by atoms with E-state index in [0.29, 0.717) is 24.1 Å². The van der Waals surface area contributed by atoms with E-state index in [9.17, 15) is 33.6 Å². The quantitative estimate of drug-likeness (QED) is 0.129. The maximum absolute atomic E-state index is 14.5. The van der Waals surface area contributed by atoms with Gasteiger partial charge in [-0.25, -0.2) is 4.79 Å². The zero-order chi connectivity index (χ0) is 39.0. The van der Waals surface area contributed by atoms with Gasteiger partial charge in [-0.3, -0.25) is 33.7 Å². The largest absolute Gasteiger partial charge is 0.346 e. The SMILES string of the molecule is C=CCNC(=O)C(=O)C(CC1CCC1)NC(=O)[C@@H]1[C@@H]2[C@H](CN1C(=O)[C@@H](NC(=O)N[C@H](CN1C(=O)Cc3ccccc3C1=O)C(C)C)C(C)(C)C)C2(C)C. The average molecular weight is 733 g/mol. The molecule has 0 bridgehead atoms. The van der Waals surface area contributed by atoms with Crippen molar-refractivity contribution in [1.82, 2.24) is 31.1 Å². The average Bonchev–Trinajstić information content (AvgIpc) is 3.37. The Balaban J connectivity index is 1.31. The first-order chi connectivity index (χ1) is 24.9. The topological polar surface area (TPSA) is 174 Å². The second-order valence-corrected chi connectivity index (χ2v) is 17.3. The number of fused-ring (bicyclic) bond motifs is 2. The number of hydrogen-bond acceptors (Lipinski definition) is 7. The maximum atomic E-state index is 14.5. The molecule has 2 aliphatic carbocycles. The van der Waals surface area contributed by atoms with Gasteiger partial charge in [-0.15, -0.1) is 6.58 Å². The van der Waals surface area contributed by atoms with Crippen molar-refractivity contribution in [1.29, 1.82) is 0 Å². The van der Waals surface area contributed by atoms with E-state index >= 15 is 0 Å². The molecular formula is C40H56N6O7. The van der Waals surface area contributed by atoms with E-state index in [0.717, 1.165) is 19.3 Å². The normalized spacial score (nSPS) is 23.5.